The zero-order chi connectivity index (χ0) is 22.5. The van der Waals surface area contributed by atoms with Gasteiger partial charge in [-0.15, -0.1) is 0 Å². The van der Waals surface area contributed by atoms with Gasteiger partial charge in [0.05, 0.1) is 0 Å². The molecule has 0 aliphatic carbocycles. The summed E-state index contributed by atoms with van der Waals surface area (Å²) >= 11 is 0. The first-order chi connectivity index (χ1) is 15.4. The zero-order valence-corrected chi connectivity index (χ0v) is 18.9. The average molecular weight is 466 g/mol. The van der Waals surface area contributed by atoms with E-state index in [2.05, 4.69) is 0 Å². The summed E-state index contributed by atoms with van der Waals surface area (Å²) < 4.78 is 44.1. The van der Waals surface area contributed by atoms with Crippen LogP contribution in [0.2, 0.25) is 0 Å². The van der Waals surface area contributed by atoms with Crippen LogP contribution in [-0.4, -0.2) is 13.0 Å². The van der Waals surface area contributed by atoms with Gasteiger partial charge in [-0.3, -0.25) is 0 Å². The second-order valence-electron chi connectivity index (χ2n) is 7.43. The second kappa shape index (κ2) is 8.94. The number of hydrogen-bond donors (Lipinski definition) is 1. The Morgan fingerprint density at radius 1 is 0.594 bits per heavy atom. The predicted octanol–water partition coefficient (Wildman–Crippen LogP) is 4.38. The first kappa shape index (κ1) is 22.3. The normalized spacial score (nSPS) is 13.2. The van der Waals surface area contributed by atoms with Crippen molar-refractivity contribution in [2.45, 2.75) is 6.16 Å². The molecule has 0 amide bonds. The van der Waals surface area contributed by atoms with Gasteiger partial charge >= 0.3 is 188 Å². The van der Waals surface area contributed by atoms with Crippen LogP contribution in [0.4, 0.5) is 0 Å². The molecule has 0 unspecified atom stereocenters. The van der Waals surface area contributed by atoms with Crippen molar-refractivity contribution in [1.82, 2.24) is 0 Å². The maximum atomic E-state index is 11.8. The second-order valence-corrected chi connectivity index (χ2v) is 12.9. The maximum absolute atomic E-state index is 11.8. The summed E-state index contributed by atoms with van der Waals surface area (Å²) in [6, 6.07) is 38.1. The molecule has 4 rings (SSSR count). The molecule has 0 saturated heterocycles. The summed E-state index contributed by atoms with van der Waals surface area (Å²) in [7, 11) is -4.90. The van der Waals surface area contributed by atoms with Crippen LogP contribution in [0.1, 0.15) is 5.56 Å². The summed E-state index contributed by atoms with van der Waals surface area (Å²) in [5, 5.41) is 2.30. The number of rotatable bonds is 8. The molecular weight excluding hydrogens is 443 g/mol. The molecule has 0 spiro atoms. The molecule has 5 nitrogen and oxygen atoms in total. The Balaban J connectivity index is 2.17. The minimum atomic E-state index is -4.90. The van der Waals surface area contributed by atoms with E-state index in [4.69, 9.17) is 9.01 Å². The molecule has 0 radical (unpaired) electrons. The summed E-state index contributed by atoms with van der Waals surface area (Å²) in [4.78, 5) is 0. The van der Waals surface area contributed by atoms with Crippen LogP contribution < -0.4 is 15.9 Å². The van der Waals surface area contributed by atoms with Crippen LogP contribution in [0.25, 0.3) is 0 Å². The van der Waals surface area contributed by atoms with Crippen molar-refractivity contribution in [3.05, 3.63) is 127 Å². The molecular formula is C25H23O5PS. The Morgan fingerprint density at radius 2 is 0.938 bits per heavy atom. The molecule has 0 fully saturated rings. The van der Waals surface area contributed by atoms with Gasteiger partial charge in [-0.1, -0.05) is 0 Å². The third kappa shape index (κ3) is 4.11. The molecule has 4 aromatic rings. The van der Waals surface area contributed by atoms with Crippen LogP contribution in [0.15, 0.2) is 121 Å². The van der Waals surface area contributed by atoms with E-state index in [1.807, 2.05) is 121 Å². The van der Waals surface area contributed by atoms with E-state index in [-0.39, 0.29) is 0 Å². The molecule has 7 heteroatoms. The molecule has 4 aromatic carbocycles. The van der Waals surface area contributed by atoms with Crippen molar-refractivity contribution in [2.24, 2.45) is 0 Å². The average Bonchev–Trinajstić information content (AvgIpc) is 2.84. The molecule has 0 aromatic heterocycles. The van der Waals surface area contributed by atoms with Crippen LogP contribution in [0.5, 0.6) is 0 Å². The van der Waals surface area contributed by atoms with E-state index in [9.17, 15) is 13.0 Å². The first-order valence-corrected chi connectivity index (χ1v) is 13.7. The molecule has 0 aliphatic heterocycles. The van der Waals surface area contributed by atoms with E-state index in [1.165, 1.54) is 0 Å². The quantitative estimate of drug-likeness (QED) is 0.181. The first-order valence-electron chi connectivity index (χ1n) is 10.0. The third-order valence-corrected chi connectivity index (χ3v) is 11.4. The molecule has 32 heavy (non-hydrogen) atoms. The minimum absolute atomic E-state index is 0.319. The van der Waals surface area contributed by atoms with E-state index in [0.717, 1.165) is 21.5 Å². The van der Waals surface area contributed by atoms with Crippen LogP contribution in [0.3, 0.4) is 0 Å². The summed E-state index contributed by atoms with van der Waals surface area (Å²) in [5.74, 6) is 0. The van der Waals surface area contributed by atoms with E-state index in [0.29, 0.717) is 6.16 Å². The Hall–Kier alpha value is -2.86. The molecule has 0 bridgehead atoms. The monoisotopic (exact) mass is 466 g/mol. The van der Waals surface area contributed by atoms with Gasteiger partial charge in [0.15, 0.2) is 0 Å². The Bertz CT molecular complexity index is 1170. The van der Waals surface area contributed by atoms with Gasteiger partial charge in [0.2, 0.25) is 0 Å². The topological polar surface area (TPSA) is 72.8 Å². The van der Waals surface area contributed by atoms with Gasteiger partial charge < -0.3 is 0 Å². The Kier molecular flexibility index (Phi) is 6.24. The van der Waals surface area contributed by atoms with Gasteiger partial charge in [-0.05, 0) is 0 Å². The fraction of sp³-hybridized carbons (Fsp3) is 0.0400. The Morgan fingerprint density at radius 3 is 1.28 bits per heavy atom. The van der Waals surface area contributed by atoms with E-state index < -0.39 is 17.2 Å². The number of benzene rings is 4. The van der Waals surface area contributed by atoms with Gasteiger partial charge in [-0.25, -0.2) is 0 Å². The fourth-order valence-corrected chi connectivity index (χ4v) is 10.1. The summed E-state index contributed by atoms with van der Waals surface area (Å²) in [6.45, 7) is -4.11. The molecule has 0 aliphatic rings. The van der Waals surface area contributed by atoms with E-state index >= 15 is 0 Å². The number of hydrogen-bond acceptors (Lipinski definition) is 4. The molecule has 164 valence electrons. The van der Waals surface area contributed by atoms with Crippen molar-refractivity contribution in [1.29, 1.82) is 0 Å². The predicted molar refractivity (Wildman–Crippen MR) is 129 cm³/mol. The summed E-state index contributed by atoms with van der Waals surface area (Å²) in [6.07, 6.45) is 0.319. The Labute approximate surface area is 188 Å². The SMILES string of the molecule is O=S(=O)(O)OOP(Cc1ccccc1)(c1ccccc1)(c1ccccc1)c1ccccc1. The molecule has 1 N–H and O–H groups in total. The van der Waals surface area contributed by atoms with Crippen molar-refractivity contribution in [3.8, 4) is 0 Å². The molecule has 0 heterocycles. The van der Waals surface area contributed by atoms with Crippen LogP contribution in [-0.2, 0) is 25.6 Å². The van der Waals surface area contributed by atoms with E-state index in [1.54, 1.807) is 0 Å². The summed E-state index contributed by atoms with van der Waals surface area (Å²) in [5.41, 5.74) is 0.931. The van der Waals surface area contributed by atoms with Crippen LogP contribution in [0, 0.1) is 0 Å². The standard InChI is InChI=1S/C25H23O5PS/c26-32(27,28)30-29-31(23-15-7-2-8-16-23,24-17-9-3-10-18-24,25-19-11-4-12-20-25)21-22-13-5-1-6-14-22/h1-20H,21H2,(H,26,27,28). The van der Waals surface area contributed by atoms with Gasteiger partial charge in [0.1, 0.15) is 0 Å². The van der Waals surface area contributed by atoms with Gasteiger partial charge in [-0.2, -0.15) is 0 Å². The van der Waals surface area contributed by atoms with Gasteiger partial charge in [0, 0.05) is 0 Å². The van der Waals surface area contributed by atoms with Crippen LogP contribution >= 0.6 is 6.83 Å². The molecule has 0 atom stereocenters. The zero-order valence-electron chi connectivity index (χ0n) is 17.2. The van der Waals surface area contributed by atoms with Crippen molar-refractivity contribution in [3.63, 3.8) is 0 Å². The molecule has 0 saturated carbocycles. The van der Waals surface area contributed by atoms with Crippen molar-refractivity contribution >= 4 is 33.1 Å². The fourth-order valence-electron chi connectivity index (χ4n) is 4.14. The van der Waals surface area contributed by atoms with Crippen molar-refractivity contribution < 1.29 is 22.0 Å². The third-order valence-electron chi connectivity index (χ3n) is 5.52. The van der Waals surface area contributed by atoms with Crippen molar-refractivity contribution in [2.75, 3.05) is 0 Å². The van der Waals surface area contributed by atoms with Gasteiger partial charge in [0.25, 0.3) is 0 Å².